The van der Waals surface area contributed by atoms with Gasteiger partial charge >= 0.3 is 7.62 Å². The third-order valence-corrected chi connectivity index (χ3v) is 1.05. The van der Waals surface area contributed by atoms with Crippen molar-refractivity contribution in [3.05, 3.63) is 0 Å². The zero-order valence-electron chi connectivity index (χ0n) is 6.52. The Morgan fingerprint density at radius 3 is 2.80 bits per heavy atom. The summed E-state index contributed by atoms with van der Waals surface area (Å²) in [7, 11) is 2.28. The third-order valence-electron chi connectivity index (χ3n) is 1.05. The van der Waals surface area contributed by atoms with Crippen LogP contribution in [0.15, 0.2) is 0 Å². The molecule has 10 heavy (non-hydrogen) atoms. The second-order valence-corrected chi connectivity index (χ2v) is 1.97. The summed E-state index contributed by atoms with van der Waals surface area (Å²) >= 11 is 0. The van der Waals surface area contributed by atoms with E-state index >= 15 is 0 Å². The van der Waals surface area contributed by atoms with Gasteiger partial charge in [0.2, 0.25) is 0 Å². The van der Waals surface area contributed by atoms with Gasteiger partial charge in [-0.25, -0.2) is 0 Å². The molecule has 0 radical (unpaired) electrons. The van der Waals surface area contributed by atoms with Crippen molar-refractivity contribution >= 4 is 7.62 Å². The van der Waals surface area contributed by atoms with E-state index < -0.39 is 0 Å². The molecule has 4 N–H and O–H groups in total. The summed E-state index contributed by atoms with van der Waals surface area (Å²) in [6, 6.07) is 0. The quantitative estimate of drug-likeness (QED) is 0.287. The predicted molar refractivity (Wildman–Crippen MR) is 44.1 cm³/mol. The molecule has 0 atom stereocenters. The minimum absolute atomic E-state index is 0.615. The molecule has 0 rings (SSSR count). The molecule has 0 spiro atoms. The summed E-state index contributed by atoms with van der Waals surface area (Å²) in [5, 5.41) is 6.22. The molecule has 4 nitrogen and oxygen atoms in total. The molecule has 0 saturated carbocycles. The maximum absolute atomic E-state index is 5.26. The van der Waals surface area contributed by atoms with Crippen LogP contribution in [0.4, 0.5) is 0 Å². The molecule has 0 aromatic heterocycles. The van der Waals surface area contributed by atoms with Crippen molar-refractivity contribution in [2.75, 3.05) is 33.3 Å². The Morgan fingerprint density at radius 2 is 2.20 bits per heavy atom. The molecule has 0 unspecified atom stereocenters. The van der Waals surface area contributed by atoms with E-state index in [-0.39, 0.29) is 0 Å². The van der Waals surface area contributed by atoms with Crippen LogP contribution in [0, 0.1) is 0 Å². The maximum Gasteiger partial charge on any atom is 0.360 e. The van der Waals surface area contributed by atoms with Crippen molar-refractivity contribution in [1.82, 2.24) is 10.5 Å². The molecule has 0 aromatic rings. The van der Waals surface area contributed by atoms with Crippen molar-refractivity contribution in [1.29, 1.82) is 0 Å². The lowest BCUT2D eigenvalue weighted by molar-refractivity contribution is 0.430. The van der Waals surface area contributed by atoms with Crippen LogP contribution in [0.2, 0.25) is 0 Å². The molecule has 60 valence electrons. The van der Waals surface area contributed by atoms with E-state index in [0.717, 1.165) is 19.6 Å². The third kappa shape index (κ3) is 7.90. The Kier molecular flexibility index (Phi) is 8.82. The van der Waals surface area contributed by atoms with Gasteiger partial charge in [-0.2, -0.15) is 0 Å². The second kappa shape index (κ2) is 8.90. The fourth-order valence-electron chi connectivity index (χ4n) is 0.578. The summed E-state index contributed by atoms with van der Waals surface area (Å²) in [6.45, 7) is 3.45. The fraction of sp³-hybridized carbons (Fsp3) is 1.00. The molecular weight excluding hydrogens is 129 g/mol. The zero-order valence-corrected chi connectivity index (χ0v) is 6.52. The van der Waals surface area contributed by atoms with Crippen LogP contribution in [0.25, 0.3) is 0 Å². The summed E-state index contributed by atoms with van der Waals surface area (Å²) in [5.74, 6) is 0. The van der Waals surface area contributed by atoms with Crippen molar-refractivity contribution in [2.24, 2.45) is 5.73 Å². The summed E-state index contributed by atoms with van der Waals surface area (Å²) in [5.41, 5.74) is 5.26. The Morgan fingerprint density at radius 1 is 1.40 bits per heavy atom. The molecule has 0 amide bonds. The minimum Gasteiger partial charge on any atom is -0.427 e. The molecule has 0 aliphatic rings. The number of rotatable bonds is 7. The summed E-state index contributed by atoms with van der Waals surface area (Å²) in [4.78, 5) is 0. The summed E-state index contributed by atoms with van der Waals surface area (Å²) in [6.07, 6.45) is 0. The standard InChI is InChI=1S/C5H16BN3O/c1-10-6-9-5-4-8-3-2-7/h6,8-9H,2-5,7H2,1H3. The number of nitrogens with one attached hydrogen (secondary N) is 2. The van der Waals surface area contributed by atoms with Crippen LogP contribution in [0.1, 0.15) is 0 Å². The number of hydrogen-bond acceptors (Lipinski definition) is 4. The van der Waals surface area contributed by atoms with Gasteiger partial charge in [-0.1, -0.05) is 0 Å². The molecular formula is C5H16BN3O. The lowest BCUT2D eigenvalue weighted by Gasteiger charge is -2.02. The highest BCUT2D eigenvalue weighted by molar-refractivity contribution is 6.23. The van der Waals surface area contributed by atoms with Gasteiger partial charge in [-0.15, -0.1) is 0 Å². The van der Waals surface area contributed by atoms with Gasteiger partial charge in [0, 0.05) is 26.7 Å². The first-order valence-corrected chi connectivity index (χ1v) is 3.52. The molecule has 0 fully saturated rings. The zero-order chi connectivity index (χ0) is 7.66. The largest absolute Gasteiger partial charge is 0.427 e. The number of hydrogen-bond donors (Lipinski definition) is 3. The average molecular weight is 145 g/mol. The highest BCUT2D eigenvalue weighted by atomic mass is 16.4. The predicted octanol–water partition coefficient (Wildman–Crippen LogP) is -1.96. The maximum atomic E-state index is 5.26. The fourth-order valence-corrected chi connectivity index (χ4v) is 0.578. The minimum atomic E-state index is 0.615. The van der Waals surface area contributed by atoms with Crippen LogP contribution < -0.4 is 16.3 Å². The van der Waals surface area contributed by atoms with Crippen LogP contribution in [-0.4, -0.2) is 40.9 Å². The van der Waals surface area contributed by atoms with Crippen molar-refractivity contribution in [2.45, 2.75) is 0 Å². The first kappa shape index (κ1) is 9.90. The molecule has 0 heterocycles. The lowest BCUT2D eigenvalue weighted by Crippen LogP contribution is -2.32. The van der Waals surface area contributed by atoms with E-state index in [2.05, 4.69) is 10.5 Å². The van der Waals surface area contributed by atoms with Crippen molar-refractivity contribution < 1.29 is 4.65 Å². The average Bonchev–Trinajstić information content (AvgIpc) is 1.97. The van der Waals surface area contributed by atoms with Gasteiger partial charge in [0.1, 0.15) is 0 Å². The summed E-state index contributed by atoms with van der Waals surface area (Å²) < 4.78 is 4.78. The van der Waals surface area contributed by atoms with Crippen LogP contribution in [-0.2, 0) is 4.65 Å². The SMILES string of the molecule is COBNCCNCCN. The van der Waals surface area contributed by atoms with Crippen molar-refractivity contribution in [3.8, 4) is 0 Å². The first-order valence-electron chi connectivity index (χ1n) is 3.52. The van der Waals surface area contributed by atoms with Crippen LogP contribution in [0.3, 0.4) is 0 Å². The topological polar surface area (TPSA) is 59.3 Å². The Hall–Kier alpha value is -0.0951. The first-order chi connectivity index (χ1) is 4.91. The van der Waals surface area contributed by atoms with E-state index in [1.54, 1.807) is 7.11 Å². The van der Waals surface area contributed by atoms with E-state index in [0.29, 0.717) is 14.2 Å². The van der Waals surface area contributed by atoms with Crippen molar-refractivity contribution in [3.63, 3.8) is 0 Å². The van der Waals surface area contributed by atoms with Gasteiger partial charge in [0.25, 0.3) is 0 Å². The van der Waals surface area contributed by atoms with Gasteiger partial charge in [0.15, 0.2) is 0 Å². The van der Waals surface area contributed by atoms with Gasteiger partial charge in [0.05, 0.1) is 0 Å². The molecule has 0 saturated heterocycles. The highest BCUT2D eigenvalue weighted by Crippen LogP contribution is 1.57. The van der Waals surface area contributed by atoms with Crippen LogP contribution >= 0.6 is 0 Å². The molecule has 0 bridgehead atoms. The monoisotopic (exact) mass is 145 g/mol. The molecule has 0 aliphatic heterocycles. The van der Waals surface area contributed by atoms with E-state index in [9.17, 15) is 0 Å². The van der Waals surface area contributed by atoms with E-state index in [1.165, 1.54) is 0 Å². The highest BCUT2D eigenvalue weighted by Gasteiger charge is 1.86. The van der Waals surface area contributed by atoms with E-state index in [1.807, 2.05) is 0 Å². The Bertz CT molecular complexity index is 56.9. The Balaban J connectivity index is 2.65. The molecule has 0 aliphatic carbocycles. The van der Waals surface area contributed by atoms with Gasteiger partial charge in [-0.3, -0.25) is 0 Å². The smallest absolute Gasteiger partial charge is 0.360 e. The Labute approximate surface area is 62.8 Å². The van der Waals surface area contributed by atoms with Gasteiger partial charge in [-0.05, 0) is 6.54 Å². The van der Waals surface area contributed by atoms with Gasteiger partial charge < -0.3 is 20.9 Å². The van der Waals surface area contributed by atoms with Crippen LogP contribution in [0.5, 0.6) is 0 Å². The molecule has 0 aromatic carbocycles. The number of nitrogens with two attached hydrogens (primary N) is 1. The normalized spacial score (nSPS) is 9.80. The molecule has 5 heteroatoms. The van der Waals surface area contributed by atoms with E-state index in [4.69, 9.17) is 10.4 Å². The lowest BCUT2D eigenvalue weighted by atomic mass is 10.3. The second-order valence-electron chi connectivity index (χ2n) is 1.97.